The highest BCUT2D eigenvalue weighted by atomic mass is 32.2. The lowest BCUT2D eigenvalue weighted by atomic mass is 9.97. The van der Waals surface area contributed by atoms with E-state index in [1.807, 2.05) is 0 Å². The minimum absolute atomic E-state index is 0.446. The summed E-state index contributed by atoms with van der Waals surface area (Å²) in [4.78, 5) is 12.9. The molecule has 6 nitrogen and oxygen atoms in total. The molecule has 1 saturated heterocycles. The molecule has 1 heterocycles. The van der Waals surface area contributed by atoms with E-state index in [1.165, 1.54) is 4.31 Å². The molecule has 0 aliphatic carbocycles. The number of nitrogens with zero attached hydrogens (tertiary/aromatic N) is 2. The van der Waals surface area contributed by atoms with Gasteiger partial charge in [0, 0.05) is 19.6 Å². The fraction of sp³-hybridized carbons (Fsp3) is 0.917. The van der Waals surface area contributed by atoms with Crippen molar-refractivity contribution in [2.75, 3.05) is 38.5 Å². The van der Waals surface area contributed by atoms with E-state index in [0.717, 1.165) is 32.5 Å². The normalized spacial score (nSPS) is 18.9. The molecule has 0 atom stereocenters. The third kappa shape index (κ3) is 5.08. The Labute approximate surface area is 115 Å². The summed E-state index contributed by atoms with van der Waals surface area (Å²) in [5, 5.41) is 8.60. The molecule has 0 saturated carbocycles. The van der Waals surface area contributed by atoms with Crippen molar-refractivity contribution < 1.29 is 18.3 Å². The van der Waals surface area contributed by atoms with Crippen molar-refractivity contribution in [3.05, 3.63) is 0 Å². The largest absolute Gasteiger partial charge is 0.480 e. The van der Waals surface area contributed by atoms with E-state index in [2.05, 4.69) is 18.7 Å². The van der Waals surface area contributed by atoms with Gasteiger partial charge in [0.1, 0.15) is 0 Å². The van der Waals surface area contributed by atoms with Gasteiger partial charge in [-0.1, -0.05) is 13.8 Å². The molecule has 0 aromatic carbocycles. The van der Waals surface area contributed by atoms with Crippen LogP contribution in [0.4, 0.5) is 0 Å². The number of hydrogen-bond acceptors (Lipinski definition) is 4. The van der Waals surface area contributed by atoms with Gasteiger partial charge in [0.05, 0.1) is 0 Å². The van der Waals surface area contributed by atoms with E-state index in [9.17, 15) is 13.2 Å². The van der Waals surface area contributed by atoms with E-state index >= 15 is 0 Å². The van der Waals surface area contributed by atoms with Crippen molar-refractivity contribution in [2.45, 2.75) is 26.7 Å². The summed E-state index contributed by atoms with van der Waals surface area (Å²) in [6.45, 7) is 8.15. The third-order valence-corrected chi connectivity index (χ3v) is 5.45. The molecule has 1 fully saturated rings. The van der Waals surface area contributed by atoms with Gasteiger partial charge in [-0.25, -0.2) is 12.7 Å². The van der Waals surface area contributed by atoms with Crippen LogP contribution in [0.25, 0.3) is 0 Å². The molecule has 1 N–H and O–H groups in total. The summed E-state index contributed by atoms with van der Waals surface area (Å²) < 4.78 is 24.9. The molecule has 0 bridgehead atoms. The zero-order chi connectivity index (χ0) is 14.5. The fourth-order valence-electron chi connectivity index (χ4n) is 2.46. The predicted octanol–water partition coefficient (Wildman–Crippen LogP) is 0.455. The van der Waals surface area contributed by atoms with Crippen LogP contribution in [-0.2, 0) is 14.8 Å². The quantitative estimate of drug-likeness (QED) is 0.737. The average Bonchev–Trinajstić information content (AvgIpc) is 2.35. The van der Waals surface area contributed by atoms with Crippen molar-refractivity contribution in [1.29, 1.82) is 0 Å². The van der Waals surface area contributed by atoms with Gasteiger partial charge >= 0.3 is 5.97 Å². The minimum atomic E-state index is -3.63. The first-order valence-corrected chi connectivity index (χ1v) is 8.42. The first-order valence-electron chi connectivity index (χ1n) is 6.81. The molecule has 1 aliphatic rings. The summed E-state index contributed by atoms with van der Waals surface area (Å²) in [5.74, 6) is -1.57. The first-order chi connectivity index (χ1) is 8.89. The number of carbonyl (C=O) groups is 1. The van der Waals surface area contributed by atoms with Gasteiger partial charge < -0.3 is 10.0 Å². The van der Waals surface area contributed by atoms with Gasteiger partial charge in [-0.15, -0.1) is 0 Å². The maximum Gasteiger partial charge on any atom is 0.320 e. The van der Waals surface area contributed by atoms with Crippen molar-refractivity contribution in [3.8, 4) is 0 Å². The molecule has 0 aromatic heterocycles. The lowest BCUT2D eigenvalue weighted by Crippen LogP contribution is -2.43. The molecule has 0 spiro atoms. The standard InChI is InChI=1S/C12H24N2O4S/c1-3-13(4-2)9-11-5-7-14(8-6-11)19(17,18)10-12(15)16/h11H,3-10H2,1-2H3,(H,15,16). The summed E-state index contributed by atoms with van der Waals surface area (Å²) in [6.07, 6.45) is 1.63. The van der Waals surface area contributed by atoms with Crippen LogP contribution in [0.15, 0.2) is 0 Å². The van der Waals surface area contributed by atoms with Gasteiger partial charge in [-0.3, -0.25) is 4.79 Å². The molecular weight excluding hydrogens is 268 g/mol. The molecule has 112 valence electrons. The molecule has 0 unspecified atom stereocenters. The highest BCUT2D eigenvalue weighted by molar-refractivity contribution is 7.89. The zero-order valence-corrected chi connectivity index (χ0v) is 12.5. The van der Waals surface area contributed by atoms with Crippen LogP contribution in [0.1, 0.15) is 26.7 Å². The Hall–Kier alpha value is -0.660. The fourth-order valence-corrected chi connectivity index (χ4v) is 3.73. The molecule has 19 heavy (non-hydrogen) atoms. The molecule has 0 amide bonds. The van der Waals surface area contributed by atoms with E-state index in [0.29, 0.717) is 19.0 Å². The number of sulfonamides is 1. The molecule has 1 rings (SSSR count). The highest BCUT2D eigenvalue weighted by Gasteiger charge is 2.29. The van der Waals surface area contributed by atoms with Crippen LogP contribution >= 0.6 is 0 Å². The Balaban J connectivity index is 2.46. The Morgan fingerprint density at radius 3 is 2.21 bits per heavy atom. The second-order valence-corrected chi connectivity index (χ2v) is 6.95. The van der Waals surface area contributed by atoms with Gasteiger partial charge in [0.2, 0.25) is 10.0 Å². The Morgan fingerprint density at radius 2 is 1.79 bits per heavy atom. The van der Waals surface area contributed by atoms with Gasteiger partial charge in [-0.2, -0.15) is 0 Å². The molecule has 7 heteroatoms. The Morgan fingerprint density at radius 1 is 1.26 bits per heavy atom. The number of hydrogen-bond donors (Lipinski definition) is 1. The first kappa shape index (κ1) is 16.4. The molecule has 1 aliphatic heterocycles. The third-order valence-electron chi connectivity index (χ3n) is 3.68. The van der Waals surface area contributed by atoms with Crippen LogP contribution in [0.2, 0.25) is 0 Å². The second kappa shape index (κ2) is 7.21. The maximum atomic E-state index is 11.8. The van der Waals surface area contributed by atoms with Crippen LogP contribution < -0.4 is 0 Å². The summed E-state index contributed by atoms with van der Waals surface area (Å²) in [5.41, 5.74) is 0. The lowest BCUT2D eigenvalue weighted by Gasteiger charge is -2.33. The molecule has 0 radical (unpaired) electrons. The van der Waals surface area contributed by atoms with Crippen LogP contribution in [0, 0.1) is 5.92 Å². The molecular formula is C12H24N2O4S. The monoisotopic (exact) mass is 292 g/mol. The predicted molar refractivity (Wildman–Crippen MR) is 73.5 cm³/mol. The number of rotatable bonds is 7. The Kier molecular flexibility index (Phi) is 6.22. The number of carboxylic acids is 1. The Bertz CT molecular complexity index is 385. The van der Waals surface area contributed by atoms with Crippen LogP contribution in [0.5, 0.6) is 0 Å². The highest BCUT2D eigenvalue weighted by Crippen LogP contribution is 2.20. The van der Waals surface area contributed by atoms with Crippen molar-refractivity contribution in [3.63, 3.8) is 0 Å². The maximum absolute atomic E-state index is 11.8. The second-order valence-electron chi connectivity index (χ2n) is 4.98. The van der Waals surface area contributed by atoms with Crippen LogP contribution in [0.3, 0.4) is 0 Å². The summed E-state index contributed by atoms with van der Waals surface area (Å²) in [6, 6.07) is 0. The minimum Gasteiger partial charge on any atom is -0.480 e. The lowest BCUT2D eigenvalue weighted by molar-refractivity contribution is -0.134. The van der Waals surface area contributed by atoms with Crippen molar-refractivity contribution in [2.24, 2.45) is 5.92 Å². The van der Waals surface area contributed by atoms with Crippen LogP contribution in [-0.4, -0.2) is 67.2 Å². The van der Waals surface area contributed by atoms with Gasteiger partial charge in [0.15, 0.2) is 5.75 Å². The summed E-state index contributed by atoms with van der Waals surface area (Å²) >= 11 is 0. The van der Waals surface area contributed by atoms with E-state index in [-0.39, 0.29) is 0 Å². The number of aliphatic carboxylic acids is 1. The molecule has 0 aromatic rings. The number of piperidine rings is 1. The smallest absolute Gasteiger partial charge is 0.320 e. The van der Waals surface area contributed by atoms with Crippen molar-refractivity contribution in [1.82, 2.24) is 9.21 Å². The van der Waals surface area contributed by atoms with Crippen molar-refractivity contribution >= 4 is 16.0 Å². The van der Waals surface area contributed by atoms with Gasteiger partial charge in [0.25, 0.3) is 0 Å². The van der Waals surface area contributed by atoms with Gasteiger partial charge in [-0.05, 0) is 31.8 Å². The average molecular weight is 292 g/mol. The van der Waals surface area contributed by atoms with E-state index in [1.54, 1.807) is 0 Å². The van der Waals surface area contributed by atoms with E-state index < -0.39 is 21.7 Å². The zero-order valence-electron chi connectivity index (χ0n) is 11.7. The topological polar surface area (TPSA) is 77.9 Å². The van der Waals surface area contributed by atoms with E-state index in [4.69, 9.17) is 5.11 Å². The number of carboxylic acid groups (broad SMARTS) is 1. The summed E-state index contributed by atoms with van der Waals surface area (Å²) in [7, 11) is -3.63. The SMILES string of the molecule is CCN(CC)CC1CCN(S(=O)(=O)CC(=O)O)CC1.